The lowest BCUT2D eigenvalue weighted by molar-refractivity contribution is 0.253. The standard InChI is InChI=1S/C23H37N7.HI/c1-21-8-5-9-22(20-21)29-18-16-28(17-19-29)13-4-3-10-25-23(24-2)26-11-6-14-30-15-7-12-27-30;/h5,7-9,12,15,20H,3-4,6,10-11,13-14,16-19H2,1-2H3,(H2,24,25,26);1H. The molecule has 3 rings (SSSR count). The van der Waals surface area contributed by atoms with Crippen molar-refractivity contribution >= 4 is 35.6 Å². The number of aliphatic imine (C=N–C) groups is 1. The summed E-state index contributed by atoms with van der Waals surface area (Å²) in [4.78, 5) is 9.41. The Morgan fingerprint density at radius 3 is 2.45 bits per heavy atom. The normalized spacial score (nSPS) is 14.9. The van der Waals surface area contributed by atoms with E-state index in [0.717, 1.165) is 64.6 Å². The first-order valence-electron chi connectivity index (χ1n) is 11.2. The minimum absolute atomic E-state index is 0. The van der Waals surface area contributed by atoms with E-state index in [9.17, 15) is 0 Å². The lowest BCUT2D eigenvalue weighted by atomic mass is 10.2. The first-order chi connectivity index (χ1) is 14.7. The lowest BCUT2D eigenvalue weighted by Crippen LogP contribution is -2.46. The Morgan fingerprint density at radius 1 is 1.00 bits per heavy atom. The van der Waals surface area contributed by atoms with E-state index in [1.807, 2.05) is 30.2 Å². The van der Waals surface area contributed by atoms with Crippen LogP contribution in [0.3, 0.4) is 0 Å². The van der Waals surface area contributed by atoms with Gasteiger partial charge in [0.1, 0.15) is 0 Å². The number of nitrogens with zero attached hydrogens (tertiary/aromatic N) is 5. The summed E-state index contributed by atoms with van der Waals surface area (Å²) in [5.41, 5.74) is 2.70. The predicted octanol–water partition coefficient (Wildman–Crippen LogP) is 2.97. The van der Waals surface area contributed by atoms with Gasteiger partial charge in [0.2, 0.25) is 0 Å². The molecule has 0 atom stereocenters. The van der Waals surface area contributed by atoms with Crippen LogP contribution in [-0.2, 0) is 6.54 Å². The van der Waals surface area contributed by atoms with Crippen LogP contribution >= 0.6 is 24.0 Å². The predicted molar refractivity (Wildman–Crippen MR) is 141 cm³/mol. The largest absolute Gasteiger partial charge is 0.369 e. The fourth-order valence-corrected chi connectivity index (χ4v) is 3.82. The van der Waals surface area contributed by atoms with Gasteiger partial charge in [-0.2, -0.15) is 5.10 Å². The first kappa shape index (κ1) is 25.5. The van der Waals surface area contributed by atoms with Crippen LogP contribution < -0.4 is 15.5 Å². The Morgan fingerprint density at radius 2 is 1.77 bits per heavy atom. The van der Waals surface area contributed by atoms with E-state index >= 15 is 0 Å². The highest BCUT2D eigenvalue weighted by Gasteiger charge is 2.16. The van der Waals surface area contributed by atoms with Gasteiger partial charge in [-0.1, -0.05) is 12.1 Å². The fraction of sp³-hybridized carbons (Fsp3) is 0.565. The van der Waals surface area contributed by atoms with Crippen LogP contribution in [0.2, 0.25) is 0 Å². The molecule has 0 amide bonds. The van der Waals surface area contributed by atoms with Gasteiger partial charge >= 0.3 is 0 Å². The molecule has 1 aromatic carbocycles. The number of hydrogen-bond acceptors (Lipinski definition) is 4. The number of piperazine rings is 1. The van der Waals surface area contributed by atoms with Crippen molar-refractivity contribution in [3.8, 4) is 0 Å². The van der Waals surface area contributed by atoms with Crippen LogP contribution in [0.4, 0.5) is 5.69 Å². The number of halogens is 1. The molecule has 1 saturated heterocycles. The van der Waals surface area contributed by atoms with Gasteiger partial charge in [0, 0.05) is 70.9 Å². The second-order valence-corrected chi connectivity index (χ2v) is 7.92. The molecule has 8 heteroatoms. The van der Waals surface area contributed by atoms with Gasteiger partial charge in [0.15, 0.2) is 5.96 Å². The number of unbranched alkanes of at least 4 members (excludes halogenated alkanes) is 1. The molecule has 1 fully saturated rings. The van der Waals surface area contributed by atoms with Gasteiger partial charge in [0.25, 0.3) is 0 Å². The van der Waals surface area contributed by atoms with E-state index in [1.54, 1.807) is 0 Å². The number of rotatable bonds is 10. The van der Waals surface area contributed by atoms with Crippen LogP contribution in [0, 0.1) is 6.92 Å². The summed E-state index contributed by atoms with van der Waals surface area (Å²) in [6.07, 6.45) is 7.21. The topological polar surface area (TPSA) is 60.7 Å². The van der Waals surface area contributed by atoms with Gasteiger partial charge in [-0.05, 0) is 56.5 Å². The number of aromatic nitrogens is 2. The third kappa shape index (κ3) is 9.06. The molecule has 2 N–H and O–H groups in total. The molecule has 1 aliphatic rings. The third-order valence-corrected chi connectivity index (χ3v) is 5.57. The van der Waals surface area contributed by atoms with Gasteiger partial charge in [-0.15, -0.1) is 24.0 Å². The second-order valence-electron chi connectivity index (χ2n) is 7.92. The van der Waals surface area contributed by atoms with Gasteiger partial charge in [-0.25, -0.2) is 0 Å². The number of anilines is 1. The lowest BCUT2D eigenvalue weighted by Gasteiger charge is -2.36. The molecule has 0 radical (unpaired) electrons. The molecule has 0 aliphatic carbocycles. The molecule has 0 saturated carbocycles. The average Bonchev–Trinajstić information content (AvgIpc) is 3.29. The Hall–Kier alpha value is -1.81. The maximum Gasteiger partial charge on any atom is 0.190 e. The molecule has 7 nitrogen and oxygen atoms in total. The van der Waals surface area contributed by atoms with Crippen LogP contribution in [0.5, 0.6) is 0 Å². The van der Waals surface area contributed by atoms with E-state index in [0.29, 0.717) is 0 Å². The van der Waals surface area contributed by atoms with Crippen LogP contribution in [0.15, 0.2) is 47.7 Å². The van der Waals surface area contributed by atoms with Gasteiger partial charge < -0.3 is 15.5 Å². The highest BCUT2D eigenvalue weighted by Crippen LogP contribution is 2.17. The molecule has 0 spiro atoms. The molecule has 0 bridgehead atoms. The number of guanidine groups is 1. The van der Waals surface area contributed by atoms with Crippen molar-refractivity contribution in [1.29, 1.82) is 0 Å². The molecular formula is C23H38IN7. The molecular weight excluding hydrogens is 501 g/mol. The first-order valence-corrected chi connectivity index (χ1v) is 11.2. The molecule has 1 aliphatic heterocycles. The summed E-state index contributed by atoms with van der Waals surface area (Å²) in [5.74, 6) is 0.891. The van der Waals surface area contributed by atoms with Crippen molar-refractivity contribution in [2.24, 2.45) is 4.99 Å². The van der Waals surface area contributed by atoms with Crippen LogP contribution in [-0.4, -0.2) is 73.5 Å². The summed E-state index contributed by atoms with van der Waals surface area (Å²) in [7, 11) is 1.83. The Bertz CT molecular complexity index is 755. The minimum Gasteiger partial charge on any atom is -0.369 e. The van der Waals surface area contributed by atoms with Crippen molar-refractivity contribution < 1.29 is 0 Å². The zero-order chi connectivity index (χ0) is 21.0. The molecule has 31 heavy (non-hydrogen) atoms. The summed E-state index contributed by atoms with van der Waals surface area (Å²) < 4.78 is 1.96. The van der Waals surface area contributed by atoms with Crippen molar-refractivity contribution in [3.05, 3.63) is 48.3 Å². The Labute approximate surface area is 204 Å². The van der Waals surface area contributed by atoms with Gasteiger partial charge in [-0.3, -0.25) is 14.6 Å². The smallest absolute Gasteiger partial charge is 0.190 e. The average molecular weight is 540 g/mol. The quantitative estimate of drug-likeness (QED) is 0.211. The van der Waals surface area contributed by atoms with E-state index in [4.69, 9.17) is 0 Å². The summed E-state index contributed by atoms with van der Waals surface area (Å²) in [5, 5.41) is 11.0. The van der Waals surface area contributed by atoms with Crippen molar-refractivity contribution in [2.45, 2.75) is 32.7 Å². The van der Waals surface area contributed by atoms with Crippen LogP contribution in [0.1, 0.15) is 24.8 Å². The second kappa shape index (κ2) is 14.3. The SMILES string of the molecule is CN=C(NCCCCN1CCN(c2cccc(C)c2)CC1)NCCCn1cccn1.I. The van der Waals surface area contributed by atoms with Crippen molar-refractivity contribution in [3.63, 3.8) is 0 Å². The minimum atomic E-state index is 0. The molecule has 172 valence electrons. The van der Waals surface area contributed by atoms with E-state index in [2.05, 4.69) is 61.7 Å². The van der Waals surface area contributed by atoms with Crippen molar-refractivity contribution in [1.82, 2.24) is 25.3 Å². The maximum atomic E-state index is 4.31. The fourth-order valence-electron chi connectivity index (χ4n) is 3.82. The summed E-state index contributed by atoms with van der Waals surface area (Å²) >= 11 is 0. The number of benzene rings is 1. The molecule has 2 aromatic rings. The zero-order valence-electron chi connectivity index (χ0n) is 19.0. The monoisotopic (exact) mass is 539 g/mol. The van der Waals surface area contributed by atoms with Gasteiger partial charge in [0.05, 0.1) is 0 Å². The summed E-state index contributed by atoms with van der Waals surface area (Å²) in [6.45, 7) is 10.7. The maximum absolute atomic E-state index is 4.31. The highest BCUT2D eigenvalue weighted by molar-refractivity contribution is 14.0. The summed E-state index contributed by atoms with van der Waals surface area (Å²) in [6, 6.07) is 10.8. The van der Waals surface area contributed by atoms with Crippen LogP contribution in [0.25, 0.3) is 0 Å². The molecule has 2 heterocycles. The van der Waals surface area contributed by atoms with E-state index < -0.39 is 0 Å². The third-order valence-electron chi connectivity index (χ3n) is 5.57. The van der Waals surface area contributed by atoms with E-state index in [-0.39, 0.29) is 24.0 Å². The Balaban J connectivity index is 0.00000341. The number of nitrogens with one attached hydrogen (secondary N) is 2. The highest BCUT2D eigenvalue weighted by atomic mass is 127. The zero-order valence-corrected chi connectivity index (χ0v) is 21.3. The van der Waals surface area contributed by atoms with E-state index in [1.165, 1.54) is 24.2 Å². The Kier molecular flexibility index (Phi) is 11.7. The van der Waals surface area contributed by atoms with Crippen molar-refractivity contribution in [2.75, 3.05) is 57.8 Å². The number of aryl methyl sites for hydroxylation is 2. The number of hydrogen-bond donors (Lipinski definition) is 2. The molecule has 1 aromatic heterocycles. The molecule has 0 unspecified atom stereocenters.